The molecule has 0 aliphatic carbocycles. The molecule has 6 nitrogen and oxygen atoms in total. The van der Waals surface area contributed by atoms with Crippen molar-refractivity contribution >= 4 is 11.9 Å². The molecule has 0 radical (unpaired) electrons. The first-order valence-corrected chi connectivity index (χ1v) is 5.94. The minimum atomic E-state index is -0.565. The number of hydrogen-bond donors (Lipinski definition) is 2. The number of methoxy groups -OCH3 is 1. The zero-order chi connectivity index (χ0) is 13.7. The van der Waals surface area contributed by atoms with Gasteiger partial charge in [0.05, 0.1) is 13.2 Å². The summed E-state index contributed by atoms with van der Waals surface area (Å²) in [6.07, 6.45) is 0.840. The van der Waals surface area contributed by atoms with E-state index in [-0.39, 0.29) is 17.8 Å². The van der Waals surface area contributed by atoms with E-state index in [1.54, 1.807) is 13.0 Å². The quantitative estimate of drug-likeness (QED) is 0.819. The molecule has 0 saturated heterocycles. The third kappa shape index (κ3) is 3.66. The van der Waals surface area contributed by atoms with Crippen LogP contribution in [-0.2, 0) is 4.79 Å². The first-order valence-electron chi connectivity index (χ1n) is 5.94. The van der Waals surface area contributed by atoms with Gasteiger partial charge in [-0.15, -0.1) is 0 Å². The van der Waals surface area contributed by atoms with Gasteiger partial charge in [0.25, 0.3) is 0 Å². The van der Waals surface area contributed by atoms with Gasteiger partial charge in [-0.25, -0.2) is 4.98 Å². The highest BCUT2D eigenvalue weighted by molar-refractivity contribution is 5.93. The van der Waals surface area contributed by atoms with E-state index in [9.17, 15) is 4.79 Å². The van der Waals surface area contributed by atoms with Gasteiger partial charge < -0.3 is 10.5 Å². The zero-order valence-corrected chi connectivity index (χ0v) is 11.2. The Balaban J connectivity index is 2.78. The normalized spacial score (nSPS) is 13.8. The molecule has 1 amide bonds. The molecule has 1 rings (SSSR count). The molecular formula is C12H20N4O2. The molecule has 1 heterocycles. The SMILES string of the molecule is CCC(C)C(N)C(=O)Nc1nc(C)cc(OC)n1. The van der Waals surface area contributed by atoms with Crippen LogP contribution in [0.4, 0.5) is 5.95 Å². The Hall–Kier alpha value is -1.69. The van der Waals surface area contributed by atoms with E-state index in [4.69, 9.17) is 10.5 Å². The molecule has 3 N–H and O–H groups in total. The molecule has 0 aromatic carbocycles. The van der Waals surface area contributed by atoms with Crippen LogP contribution in [0.5, 0.6) is 5.88 Å². The summed E-state index contributed by atoms with van der Waals surface area (Å²) in [7, 11) is 1.51. The number of rotatable bonds is 5. The maximum absolute atomic E-state index is 11.9. The van der Waals surface area contributed by atoms with Crippen LogP contribution in [0, 0.1) is 12.8 Å². The Morgan fingerprint density at radius 1 is 1.56 bits per heavy atom. The molecule has 0 fully saturated rings. The van der Waals surface area contributed by atoms with Gasteiger partial charge in [0.1, 0.15) is 0 Å². The minimum absolute atomic E-state index is 0.108. The third-order valence-corrected chi connectivity index (χ3v) is 2.83. The van der Waals surface area contributed by atoms with Crippen LogP contribution in [0.15, 0.2) is 6.07 Å². The molecule has 0 bridgehead atoms. The number of aromatic nitrogens is 2. The lowest BCUT2D eigenvalue weighted by atomic mass is 10.00. The average molecular weight is 252 g/mol. The fourth-order valence-electron chi connectivity index (χ4n) is 1.41. The summed E-state index contributed by atoms with van der Waals surface area (Å²) in [5.41, 5.74) is 6.55. The molecule has 2 unspecified atom stereocenters. The first kappa shape index (κ1) is 14.4. The van der Waals surface area contributed by atoms with Gasteiger partial charge in [0.15, 0.2) is 0 Å². The summed E-state index contributed by atoms with van der Waals surface area (Å²) < 4.78 is 5.01. The van der Waals surface area contributed by atoms with Crippen LogP contribution in [0.1, 0.15) is 26.0 Å². The van der Waals surface area contributed by atoms with Gasteiger partial charge in [-0.1, -0.05) is 20.3 Å². The van der Waals surface area contributed by atoms with Crippen molar-refractivity contribution in [3.05, 3.63) is 11.8 Å². The number of carbonyl (C=O) groups excluding carboxylic acids is 1. The summed E-state index contributed by atoms with van der Waals surface area (Å²) >= 11 is 0. The molecule has 0 spiro atoms. The number of ether oxygens (including phenoxy) is 1. The fourth-order valence-corrected chi connectivity index (χ4v) is 1.41. The lowest BCUT2D eigenvalue weighted by Gasteiger charge is -2.17. The van der Waals surface area contributed by atoms with E-state index < -0.39 is 6.04 Å². The Bertz CT molecular complexity index is 423. The highest BCUT2D eigenvalue weighted by atomic mass is 16.5. The molecule has 18 heavy (non-hydrogen) atoms. The summed E-state index contributed by atoms with van der Waals surface area (Å²) in [4.78, 5) is 20.0. The summed E-state index contributed by atoms with van der Waals surface area (Å²) in [6, 6.07) is 1.12. The average Bonchev–Trinajstić information content (AvgIpc) is 2.35. The van der Waals surface area contributed by atoms with Crippen molar-refractivity contribution in [2.24, 2.45) is 11.7 Å². The highest BCUT2D eigenvalue weighted by Crippen LogP contribution is 2.12. The number of amides is 1. The van der Waals surface area contributed by atoms with E-state index in [1.807, 2.05) is 13.8 Å². The molecule has 100 valence electrons. The van der Waals surface area contributed by atoms with Crippen molar-refractivity contribution in [3.8, 4) is 5.88 Å². The van der Waals surface area contributed by atoms with Crippen molar-refractivity contribution < 1.29 is 9.53 Å². The summed E-state index contributed by atoms with van der Waals surface area (Å²) in [6.45, 7) is 5.72. The fraction of sp³-hybridized carbons (Fsp3) is 0.583. The minimum Gasteiger partial charge on any atom is -0.481 e. The number of hydrogen-bond acceptors (Lipinski definition) is 5. The number of nitrogens with zero attached hydrogens (tertiary/aromatic N) is 2. The van der Waals surface area contributed by atoms with Crippen molar-refractivity contribution in [1.82, 2.24) is 9.97 Å². The second kappa shape index (κ2) is 6.30. The molecule has 0 saturated carbocycles. The lowest BCUT2D eigenvalue weighted by Crippen LogP contribution is -2.41. The maximum atomic E-state index is 11.9. The van der Waals surface area contributed by atoms with Gasteiger partial charge in [0.2, 0.25) is 17.7 Å². The van der Waals surface area contributed by atoms with Crippen LogP contribution in [-0.4, -0.2) is 29.0 Å². The van der Waals surface area contributed by atoms with Crippen molar-refractivity contribution in [2.75, 3.05) is 12.4 Å². The number of nitrogens with one attached hydrogen (secondary N) is 1. The topological polar surface area (TPSA) is 90.1 Å². The van der Waals surface area contributed by atoms with Gasteiger partial charge in [-0.05, 0) is 12.8 Å². The van der Waals surface area contributed by atoms with Crippen LogP contribution in [0.2, 0.25) is 0 Å². The second-order valence-electron chi connectivity index (χ2n) is 4.28. The summed E-state index contributed by atoms with van der Waals surface area (Å²) in [5.74, 6) is 0.458. The Morgan fingerprint density at radius 3 is 2.78 bits per heavy atom. The summed E-state index contributed by atoms with van der Waals surface area (Å²) in [5, 5.41) is 2.61. The predicted molar refractivity (Wildman–Crippen MR) is 69.4 cm³/mol. The number of nitrogens with two attached hydrogens (primary N) is 1. The molecule has 1 aromatic heterocycles. The van der Waals surface area contributed by atoms with E-state index in [0.29, 0.717) is 11.6 Å². The molecule has 6 heteroatoms. The smallest absolute Gasteiger partial charge is 0.243 e. The first-order chi connectivity index (χ1) is 8.47. The lowest BCUT2D eigenvalue weighted by molar-refractivity contribution is -0.118. The largest absolute Gasteiger partial charge is 0.481 e. The molecule has 0 aliphatic rings. The molecule has 2 atom stereocenters. The van der Waals surface area contributed by atoms with Gasteiger partial charge in [-0.3, -0.25) is 10.1 Å². The third-order valence-electron chi connectivity index (χ3n) is 2.83. The van der Waals surface area contributed by atoms with Crippen molar-refractivity contribution in [2.45, 2.75) is 33.2 Å². The van der Waals surface area contributed by atoms with E-state index in [0.717, 1.165) is 6.42 Å². The maximum Gasteiger partial charge on any atom is 0.243 e. The zero-order valence-electron chi connectivity index (χ0n) is 11.2. The molecule has 0 aliphatic heterocycles. The molecule has 1 aromatic rings. The van der Waals surface area contributed by atoms with E-state index in [1.165, 1.54) is 7.11 Å². The number of anilines is 1. The van der Waals surface area contributed by atoms with E-state index in [2.05, 4.69) is 15.3 Å². The monoisotopic (exact) mass is 252 g/mol. The van der Waals surface area contributed by atoms with Gasteiger partial charge in [-0.2, -0.15) is 4.98 Å². The predicted octanol–water partition coefficient (Wildman–Crippen LogP) is 1.11. The van der Waals surface area contributed by atoms with E-state index >= 15 is 0 Å². The van der Waals surface area contributed by atoms with Crippen molar-refractivity contribution in [1.29, 1.82) is 0 Å². The molecular weight excluding hydrogens is 232 g/mol. The van der Waals surface area contributed by atoms with Gasteiger partial charge >= 0.3 is 0 Å². The highest BCUT2D eigenvalue weighted by Gasteiger charge is 2.20. The van der Waals surface area contributed by atoms with Crippen LogP contribution >= 0.6 is 0 Å². The standard InChI is InChI=1S/C12H20N4O2/c1-5-7(2)10(13)11(17)16-12-14-8(3)6-9(15-12)18-4/h6-7,10H,5,13H2,1-4H3,(H,14,15,16,17). The number of aryl methyl sites for hydroxylation is 1. The van der Waals surface area contributed by atoms with Crippen molar-refractivity contribution in [3.63, 3.8) is 0 Å². The van der Waals surface area contributed by atoms with Gasteiger partial charge in [0, 0.05) is 11.8 Å². The Morgan fingerprint density at radius 2 is 2.22 bits per heavy atom. The van der Waals surface area contributed by atoms with Crippen LogP contribution in [0.25, 0.3) is 0 Å². The Labute approximate surface area is 107 Å². The second-order valence-corrected chi connectivity index (χ2v) is 4.28. The number of carbonyl (C=O) groups is 1. The Kier molecular flexibility index (Phi) is 5.03. The van der Waals surface area contributed by atoms with Crippen LogP contribution in [0.3, 0.4) is 0 Å². The van der Waals surface area contributed by atoms with Crippen LogP contribution < -0.4 is 15.8 Å².